The summed E-state index contributed by atoms with van der Waals surface area (Å²) in [5.74, 6) is -0.959. The van der Waals surface area contributed by atoms with Crippen LogP contribution in [0, 0.1) is 16.0 Å². The number of nitrogens with zero attached hydrogens (tertiary/aromatic N) is 2. The number of fused-ring (bicyclic) bond motifs is 1. The van der Waals surface area contributed by atoms with Gasteiger partial charge in [-0.05, 0) is 25.1 Å². The molecule has 7 heteroatoms. The van der Waals surface area contributed by atoms with Gasteiger partial charge in [0.05, 0.1) is 10.5 Å². The second-order valence-electron chi connectivity index (χ2n) is 5.09. The molecular formula is C14H17N3O4. The number of amides is 2. The van der Waals surface area contributed by atoms with Crippen LogP contribution in [0.1, 0.15) is 34.6 Å². The number of nitrogens with one attached hydrogen (secondary N) is 1. The lowest BCUT2D eigenvalue weighted by molar-refractivity contribution is -0.385. The number of rotatable bonds is 6. The van der Waals surface area contributed by atoms with Crippen LogP contribution in [0.2, 0.25) is 0 Å². The van der Waals surface area contributed by atoms with E-state index in [0.29, 0.717) is 6.54 Å². The van der Waals surface area contributed by atoms with Crippen LogP contribution in [-0.2, 0) is 0 Å². The van der Waals surface area contributed by atoms with E-state index >= 15 is 0 Å². The highest BCUT2D eigenvalue weighted by molar-refractivity contribution is 6.23. The molecule has 2 amide bonds. The molecule has 1 aromatic carbocycles. The minimum atomic E-state index is -0.629. The predicted molar refractivity (Wildman–Crippen MR) is 76.2 cm³/mol. The minimum absolute atomic E-state index is 0.0752. The fourth-order valence-corrected chi connectivity index (χ4v) is 2.40. The van der Waals surface area contributed by atoms with Crippen LogP contribution in [0.15, 0.2) is 18.2 Å². The molecule has 7 nitrogen and oxygen atoms in total. The molecule has 1 aliphatic heterocycles. The molecule has 0 saturated carbocycles. The summed E-state index contributed by atoms with van der Waals surface area (Å²) in [6, 6.07) is 4.13. The van der Waals surface area contributed by atoms with E-state index in [1.165, 1.54) is 18.2 Å². The first-order chi connectivity index (χ1) is 9.97. The highest BCUT2D eigenvalue weighted by atomic mass is 16.6. The summed E-state index contributed by atoms with van der Waals surface area (Å²) in [5.41, 5.74) is -0.291. The molecule has 0 aromatic heterocycles. The normalized spacial score (nSPS) is 15.2. The number of benzene rings is 1. The summed E-state index contributed by atoms with van der Waals surface area (Å²) in [7, 11) is 0. The Hall–Kier alpha value is -2.28. The van der Waals surface area contributed by atoms with Gasteiger partial charge in [-0.15, -0.1) is 0 Å². The van der Waals surface area contributed by atoms with Crippen molar-refractivity contribution in [1.29, 1.82) is 0 Å². The van der Waals surface area contributed by atoms with E-state index in [1.807, 2.05) is 13.8 Å². The maximum absolute atomic E-state index is 12.3. The largest absolute Gasteiger partial charge is 0.317 e. The zero-order chi connectivity index (χ0) is 15.6. The average Bonchev–Trinajstić information content (AvgIpc) is 2.70. The van der Waals surface area contributed by atoms with E-state index in [-0.39, 0.29) is 29.3 Å². The van der Waals surface area contributed by atoms with Gasteiger partial charge in [-0.25, -0.2) is 0 Å². The van der Waals surface area contributed by atoms with Crippen molar-refractivity contribution in [3.63, 3.8) is 0 Å². The van der Waals surface area contributed by atoms with Gasteiger partial charge < -0.3 is 5.32 Å². The quantitative estimate of drug-likeness (QED) is 0.486. The Morgan fingerprint density at radius 1 is 1.33 bits per heavy atom. The standard InChI is InChI=1S/C14H17N3O4/c1-3-15-7-9(2)8-16-13(18)10-5-4-6-11(17(20)21)12(10)14(16)19/h4-6,9,15H,3,7-8H2,1-2H3. The molecule has 0 fully saturated rings. The lowest BCUT2D eigenvalue weighted by atomic mass is 10.1. The molecule has 1 atom stereocenters. The van der Waals surface area contributed by atoms with Gasteiger partial charge in [-0.3, -0.25) is 24.6 Å². The van der Waals surface area contributed by atoms with E-state index in [4.69, 9.17) is 0 Å². The van der Waals surface area contributed by atoms with E-state index in [2.05, 4.69) is 5.32 Å². The van der Waals surface area contributed by atoms with Gasteiger partial charge in [-0.1, -0.05) is 19.9 Å². The predicted octanol–water partition coefficient (Wildman–Crippen LogP) is 1.44. The fourth-order valence-electron chi connectivity index (χ4n) is 2.40. The third-order valence-corrected chi connectivity index (χ3v) is 3.41. The van der Waals surface area contributed by atoms with E-state index in [0.717, 1.165) is 11.4 Å². The monoisotopic (exact) mass is 291 g/mol. The number of nitro groups is 1. The van der Waals surface area contributed by atoms with Crippen molar-refractivity contribution < 1.29 is 14.5 Å². The van der Waals surface area contributed by atoms with Crippen molar-refractivity contribution in [2.24, 2.45) is 5.92 Å². The molecule has 2 rings (SSSR count). The van der Waals surface area contributed by atoms with Gasteiger partial charge in [0.2, 0.25) is 0 Å². The zero-order valence-corrected chi connectivity index (χ0v) is 12.0. The SMILES string of the molecule is CCNCC(C)CN1C(=O)c2cccc([N+](=O)[O-])c2C1=O. The van der Waals surface area contributed by atoms with Gasteiger partial charge in [-0.2, -0.15) is 0 Å². The second kappa shape index (κ2) is 6.01. The molecule has 0 bridgehead atoms. The summed E-state index contributed by atoms with van der Waals surface area (Å²) in [6.07, 6.45) is 0. The van der Waals surface area contributed by atoms with Gasteiger partial charge in [0.25, 0.3) is 17.5 Å². The molecule has 1 N–H and O–H groups in total. The molecular weight excluding hydrogens is 274 g/mol. The van der Waals surface area contributed by atoms with Crippen LogP contribution in [-0.4, -0.2) is 41.3 Å². The summed E-state index contributed by atoms with van der Waals surface area (Å²) >= 11 is 0. The highest BCUT2D eigenvalue weighted by Gasteiger charge is 2.41. The smallest absolute Gasteiger partial charge is 0.282 e. The maximum atomic E-state index is 12.3. The van der Waals surface area contributed by atoms with Crippen LogP contribution in [0.5, 0.6) is 0 Å². The molecule has 1 aromatic rings. The molecule has 1 unspecified atom stereocenters. The van der Waals surface area contributed by atoms with Gasteiger partial charge in [0.1, 0.15) is 5.56 Å². The first-order valence-electron chi connectivity index (χ1n) is 6.81. The Morgan fingerprint density at radius 3 is 2.67 bits per heavy atom. The Kier molecular flexibility index (Phi) is 4.32. The second-order valence-corrected chi connectivity index (χ2v) is 5.09. The lowest BCUT2D eigenvalue weighted by Gasteiger charge is -2.19. The van der Waals surface area contributed by atoms with Crippen molar-refractivity contribution in [3.8, 4) is 0 Å². The first kappa shape index (κ1) is 15.1. The third-order valence-electron chi connectivity index (χ3n) is 3.41. The van der Waals surface area contributed by atoms with E-state index < -0.39 is 16.7 Å². The number of hydrogen-bond donors (Lipinski definition) is 1. The average molecular weight is 291 g/mol. The van der Waals surface area contributed by atoms with Crippen LogP contribution in [0.25, 0.3) is 0 Å². The Bertz CT molecular complexity index is 600. The summed E-state index contributed by atoms with van der Waals surface area (Å²) in [5, 5.41) is 14.1. The molecule has 21 heavy (non-hydrogen) atoms. The molecule has 1 aliphatic rings. The Labute approximate surface area is 122 Å². The summed E-state index contributed by atoms with van der Waals surface area (Å²) in [6.45, 7) is 5.61. The minimum Gasteiger partial charge on any atom is -0.317 e. The molecule has 0 aliphatic carbocycles. The molecule has 0 spiro atoms. The Balaban J connectivity index is 2.26. The fraction of sp³-hybridized carbons (Fsp3) is 0.429. The molecule has 112 valence electrons. The van der Waals surface area contributed by atoms with E-state index in [9.17, 15) is 19.7 Å². The lowest BCUT2D eigenvalue weighted by Crippen LogP contribution is -2.37. The van der Waals surface area contributed by atoms with Gasteiger partial charge >= 0.3 is 0 Å². The highest BCUT2D eigenvalue weighted by Crippen LogP contribution is 2.30. The third kappa shape index (κ3) is 2.78. The number of hydrogen-bond acceptors (Lipinski definition) is 5. The number of imide groups is 1. The first-order valence-corrected chi connectivity index (χ1v) is 6.81. The molecule has 0 radical (unpaired) electrons. The van der Waals surface area contributed by atoms with Crippen molar-refractivity contribution >= 4 is 17.5 Å². The summed E-state index contributed by atoms with van der Waals surface area (Å²) < 4.78 is 0. The van der Waals surface area contributed by atoms with E-state index in [1.54, 1.807) is 0 Å². The zero-order valence-electron chi connectivity index (χ0n) is 12.0. The van der Waals surface area contributed by atoms with Crippen LogP contribution < -0.4 is 5.32 Å². The molecule has 1 heterocycles. The maximum Gasteiger partial charge on any atom is 0.282 e. The van der Waals surface area contributed by atoms with Crippen molar-refractivity contribution in [3.05, 3.63) is 39.4 Å². The van der Waals surface area contributed by atoms with Crippen molar-refractivity contribution in [2.75, 3.05) is 19.6 Å². The van der Waals surface area contributed by atoms with Crippen molar-refractivity contribution in [2.45, 2.75) is 13.8 Å². The molecule has 0 saturated heterocycles. The Morgan fingerprint density at radius 2 is 2.05 bits per heavy atom. The number of carbonyl (C=O) groups excluding carboxylic acids is 2. The number of nitro benzene ring substituents is 1. The van der Waals surface area contributed by atoms with Crippen molar-refractivity contribution in [1.82, 2.24) is 10.2 Å². The topological polar surface area (TPSA) is 92.6 Å². The van der Waals surface area contributed by atoms with Crippen LogP contribution >= 0.6 is 0 Å². The van der Waals surface area contributed by atoms with Gasteiger partial charge in [0, 0.05) is 12.6 Å². The van der Waals surface area contributed by atoms with Crippen LogP contribution in [0.4, 0.5) is 5.69 Å². The summed E-state index contributed by atoms with van der Waals surface area (Å²) in [4.78, 5) is 36.0. The number of carbonyl (C=O) groups is 2. The van der Waals surface area contributed by atoms with Gasteiger partial charge in [0.15, 0.2) is 0 Å². The van der Waals surface area contributed by atoms with Crippen LogP contribution in [0.3, 0.4) is 0 Å².